The zero-order valence-electron chi connectivity index (χ0n) is 9.17. The maximum absolute atomic E-state index is 6.23. The second-order valence-corrected chi connectivity index (χ2v) is 4.89. The lowest BCUT2D eigenvalue weighted by Crippen LogP contribution is -2.15. The number of benzene rings is 1. The fourth-order valence-corrected chi connectivity index (χ4v) is 2.72. The lowest BCUT2D eigenvalue weighted by molar-refractivity contribution is 0.447. The number of hydrogen-bond donors (Lipinski definition) is 0. The van der Waals surface area contributed by atoms with Gasteiger partial charge in [0.25, 0.3) is 0 Å². The highest BCUT2D eigenvalue weighted by Gasteiger charge is 2.25. The van der Waals surface area contributed by atoms with Gasteiger partial charge in [0.05, 0.1) is 0 Å². The number of halogens is 1. The van der Waals surface area contributed by atoms with E-state index in [0.717, 1.165) is 5.02 Å². The molecular formula is C14H17Cl. The summed E-state index contributed by atoms with van der Waals surface area (Å²) in [6.07, 6.45) is 3.77. The van der Waals surface area contributed by atoms with Gasteiger partial charge in [-0.2, -0.15) is 0 Å². The average Bonchev–Trinajstić information content (AvgIpc) is 2.23. The molecule has 1 saturated carbocycles. The van der Waals surface area contributed by atoms with Gasteiger partial charge in [-0.15, -0.1) is 0 Å². The van der Waals surface area contributed by atoms with Crippen molar-refractivity contribution in [3.8, 4) is 0 Å². The molecule has 0 N–H and O–H groups in total. The minimum Gasteiger partial charge on any atom is -0.0990 e. The standard InChI is InChI=1S/C14H17Cl/c1-10-6-5-8-12(11(10)2)13-7-3-4-9-14(13)15/h3-4,7,9-10,12H,2,5-6,8H2,1H3. The van der Waals surface area contributed by atoms with Crippen molar-refractivity contribution in [2.45, 2.75) is 32.1 Å². The molecule has 0 amide bonds. The van der Waals surface area contributed by atoms with Crippen molar-refractivity contribution in [1.29, 1.82) is 0 Å². The monoisotopic (exact) mass is 220 g/mol. The Labute approximate surface area is 97.0 Å². The van der Waals surface area contributed by atoms with E-state index in [1.165, 1.54) is 30.4 Å². The number of allylic oxidation sites excluding steroid dienone is 1. The average molecular weight is 221 g/mol. The first-order chi connectivity index (χ1) is 7.20. The van der Waals surface area contributed by atoms with Gasteiger partial charge in [-0.3, -0.25) is 0 Å². The summed E-state index contributed by atoms with van der Waals surface area (Å²) in [4.78, 5) is 0. The molecule has 1 aromatic rings. The van der Waals surface area contributed by atoms with Crippen molar-refractivity contribution in [3.05, 3.63) is 47.0 Å². The third-order valence-electron chi connectivity index (χ3n) is 3.49. The molecule has 2 rings (SSSR count). The number of rotatable bonds is 1. The molecule has 0 bridgehead atoms. The van der Waals surface area contributed by atoms with E-state index in [-0.39, 0.29) is 0 Å². The summed E-state index contributed by atoms with van der Waals surface area (Å²) in [5.74, 6) is 1.11. The predicted octanol–water partition coefficient (Wildman–Crippen LogP) is 4.80. The molecule has 0 spiro atoms. The fourth-order valence-electron chi connectivity index (χ4n) is 2.46. The SMILES string of the molecule is C=C1C(C)CCCC1c1ccccc1Cl. The molecule has 0 aliphatic heterocycles. The molecule has 1 aliphatic rings. The van der Waals surface area contributed by atoms with Gasteiger partial charge in [-0.25, -0.2) is 0 Å². The molecule has 1 fully saturated rings. The zero-order chi connectivity index (χ0) is 10.8. The van der Waals surface area contributed by atoms with Gasteiger partial charge < -0.3 is 0 Å². The Morgan fingerprint density at radius 2 is 2.00 bits per heavy atom. The van der Waals surface area contributed by atoms with Crippen LogP contribution >= 0.6 is 11.6 Å². The molecule has 0 nitrogen and oxygen atoms in total. The fraction of sp³-hybridized carbons (Fsp3) is 0.429. The summed E-state index contributed by atoms with van der Waals surface area (Å²) in [7, 11) is 0. The molecule has 1 heteroatoms. The second kappa shape index (κ2) is 4.40. The summed E-state index contributed by atoms with van der Waals surface area (Å²) < 4.78 is 0. The number of hydrogen-bond acceptors (Lipinski definition) is 0. The maximum Gasteiger partial charge on any atom is 0.0444 e. The van der Waals surface area contributed by atoms with E-state index in [1.807, 2.05) is 12.1 Å². The van der Waals surface area contributed by atoms with E-state index in [4.69, 9.17) is 11.6 Å². The van der Waals surface area contributed by atoms with Crippen LogP contribution in [-0.2, 0) is 0 Å². The van der Waals surface area contributed by atoms with E-state index in [0.29, 0.717) is 11.8 Å². The van der Waals surface area contributed by atoms with Crippen LogP contribution in [0.2, 0.25) is 5.02 Å². The largest absolute Gasteiger partial charge is 0.0990 e. The van der Waals surface area contributed by atoms with Crippen LogP contribution in [0, 0.1) is 5.92 Å². The summed E-state index contributed by atoms with van der Waals surface area (Å²) in [5, 5.41) is 0.887. The zero-order valence-corrected chi connectivity index (χ0v) is 9.93. The Hall–Kier alpha value is -0.750. The summed E-state index contributed by atoms with van der Waals surface area (Å²) >= 11 is 6.23. The van der Waals surface area contributed by atoms with Crippen LogP contribution in [0.3, 0.4) is 0 Å². The highest BCUT2D eigenvalue weighted by molar-refractivity contribution is 6.31. The lowest BCUT2D eigenvalue weighted by Gasteiger charge is -2.30. The van der Waals surface area contributed by atoms with E-state index in [1.54, 1.807) is 0 Å². The Balaban J connectivity index is 2.30. The van der Waals surface area contributed by atoms with Gasteiger partial charge in [0.2, 0.25) is 0 Å². The molecule has 2 atom stereocenters. The van der Waals surface area contributed by atoms with Gasteiger partial charge in [0.15, 0.2) is 0 Å². The summed E-state index contributed by atoms with van der Waals surface area (Å²) in [6.45, 7) is 6.50. The van der Waals surface area contributed by atoms with Crippen LogP contribution in [0.5, 0.6) is 0 Å². The predicted molar refractivity (Wildman–Crippen MR) is 66.3 cm³/mol. The molecular weight excluding hydrogens is 204 g/mol. The smallest absolute Gasteiger partial charge is 0.0444 e. The van der Waals surface area contributed by atoms with E-state index >= 15 is 0 Å². The van der Waals surface area contributed by atoms with Crippen molar-refractivity contribution in [3.63, 3.8) is 0 Å². The van der Waals surface area contributed by atoms with Crippen molar-refractivity contribution < 1.29 is 0 Å². The van der Waals surface area contributed by atoms with Gasteiger partial charge in [0, 0.05) is 10.9 Å². The minimum absolute atomic E-state index is 0.474. The van der Waals surface area contributed by atoms with E-state index in [9.17, 15) is 0 Å². The normalized spacial score (nSPS) is 26.7. The van der Waals surface area contributed by atoms with Gasteiger partial charge >= 0.3 is 0 Å². The Kier molecular flexibility index (Phi) is 3.16. The molecule has 1 aliphatic carbocycles. The Morgan fingerprint density at radius 1 is 1.27 bits per heavy atom. The molecule has 0 radical (unpaired) electrons. The highest BCUT2D eigenvalue weighted by Crippen LogP contribution is 2.41. The van der Waals surface area contributed by atoms with Gasteiger partial charge in [-0.1, -0.05) is 55.3 Å². The maximum atomic E-state index is 6.23. The molecule has 15 heavy (non-hydrogen) atoms. The van der Waals surface area contributed by atoms with E-state index in [2.05, 4.69) is 25.6 Å². The van der Waals surface area contributed by atoms with Gasteiger partial charge in [0.1, 0.15) is 0 Å². The first-order valence-electron chi connectivity index (χ1n) is 5.63. The van der Waals surface area contributed by atoms with Crippen LogP contribution < -0.4 is 0 Å². The van der Waals surface area contributed by atoms with Crippen LogP contribution in [-0.4, -0.2) is 0 Å². The first-order valence-corrected chi connectivity index (χ1v) is 6.01. The first kappa shape index (κ1) is 10.8. The summed E-state index contributed by atoms with van der Waals surface area (Å²) in [5.41, 5.74) is 2.62. The third kappa shape index (κ3) is 2.10. The van der Waals surface area contributed by atoms with Crippen LogP contribution in [0.1, 0.15) is 37.7 Å². The van der Waals surface area contributed by atoms with E-state index < -0.39 is 0 Å². The molecule has 0 aromatic heterocycles. The molecule has 80 valence electrons. The summed E-state index contributed by atoms with van der Waals surface area (Å²) in [6, 6.07) is 8.16. The Bertz CT molecular complexity index is 367. The van der Waals surface area contributed by atoms with Crippen LogP contribution in [0.4, 0.5) is 0 Å². The lowest BCUT2D eigenvalue weighted by atomic mass is 9.75. The minimum atomic E-state index is 0.474. The second-order valence-electron chi connectivity index (χ2n) is 4.48. The van der Waals surface area contributed by atoms with Gasteiger partial charge in [-0.05, 0) is 30.4 Å². The third-order valence-corrected chi connectivity index (χ3v) is 3.84. The topological polar surface area (TPSA) is 0 Å². The van der Waals surface area contributed by atoms with Crippen LogP contribution in [0.25, 0.3) is 0 Å². The van der Waals surface area contributed by atoms with Crippen LogP contribution in [0.15, 0.2) is 36.4 Å². The molecule has 1 aromatic carbocycles. The molecule has 0 heterocycles. The Morgan fingerprint density at radius 3 is 2.73 bits per heavy atom. The van der Waals surface area contributed by atoms with Crippen molar-refractivity contribution >= 4 is 11.6 Å². The molecule has 2 unspecified atom stereocenters. The van der Waals surface area contributed by atoms with Crippen molar-refractivity contribution in [2.75, 3.05) is 0 Å². The molecule has 0 saturated heterocycles. The highest BCUT2D eigenvalue weighted by atomic mass is 35.5. The quantitative estimate of drug-likeness (QED) is 0.597. The van der Waals surface area contributed by atoms with Crippen molar-refractivity contribution in [2.24, 2.45) is 5.92 Å². The van der Waals surface area contributed by atoms with Crippen molar-refractivity contribution in [1.82, 2.24) is 0 Å².